The number of nitrogens with zero attached hydrogens (tertiary/aromatic N) is 6. The van der Waals surface area contributed by atoms with Gasteiger partial charge in [0.25, 0.3) is 0 Å². The summed E-state index contributed by atoms with van der Waals surface area (Å²) in [4.78, 5) is 42.5. The molecule has 2 atom stereocenters. The number of methoxy groups -OCH3 is 1. The highest BCUT2D eigenvalue weighted by Gasteiger charge is 2.45. The third-order valence-corrected chi connectivity index (χ3v) is 10.2. The fraction of sp³-hybridized carbons (Fsp3) is 0.471. The van der Waals surface area contributed by atoms with E-state index >= 15 is 4.39 Å². The predicted molar refractivity (Wildman–Crippen MR) is 189 cm³/mol. The van der Waals surface area contributed by atoms with Gasteiger partial charge in [-0.25, -0.2) is 37.3 Å². The molecule has 1 aromatic carbocycles. The number of pyridine rings is 1. The van der Waals surface area contributed by atoms with Crippen molar-refractivity contribution >= 4 is 65.2 Å². The van der Waals surface area contributed by atoms with Gasteiger partial charge in [0.05, 0.1) is 24.8 Å². The molecule has 1 N–H and O–H groups in total. The summed E-state index contributed by atoms with van der Waals surface area (Å²) in [5.41, 5.74) is -1.81. The summed E-state index contributed by atoms with van der Waals surface area (Å²) in [6.07, 6.45) is 1.11. The number of aromatic nitrogens is 3. The van der Waals surface area contributed by atoms with Crippen molar-refractivity contribution in [3.05, 3.63) is 29.6 Å². The first-order chi connectivity index (χ1) is 23.8. The Morgan fingerprint density at radius 2 is 1.67 bits per heavy atom. The fourth-order valence-corrected chi connectivity index (χ4v) is 8.02. The maximum Gasteiger partial charge on any atom is 0.412 e. The largest absolute Gasteiger partial charge is 0.480 e. The van der Waals surface area contributed by atoms with Crippen LogP contribution in [0.5, 0.6) is 5.88 Å². The van der Waals surface area contributed by atoms with Gasteiger partial charge in [0, 0.05) is 35.0 Å². The molecule has 0 unspecified atom stereocenters. The monoisotopic (exact) mass is 739 g/mol. The number of sulfone groups is 1. The molecule has 0 spiro atoms. The van der Waals surface area contributed by atoms with E-state index in [-0.39, 0.29) is 69.6 Å². The van der Waals surface area contributed by atoms with Crippen LogP contribution >= 0.6 is 11.3 Å². The first-order valence-electron chi connectivity index (χ1n) is 16.2. The van der Waals surface area contributed by atoms with E-state index in [1.54, 1.807) is 64.6 Å². The SMILES string of the molecule is COc1nc(-c2cccc3sc(NC(=O)OC(C)(C)C)c(C#N)c23)c(F)c2nc(S(C)(=O)=O)nc(N3C[C@H]4CC[C@@H](C3)N4C(=O)OC(C)(C)C)c12. The quantitative estimate of drug-likeness (QED) is 0.228. The molecule has 14 nitrogen and oxygen atoms in total. The molecule has 2 aliphatic heterocycles. The van der Waals surface area contributed by atoms with Gasteiger partial charge in [0.1, 0.15) is 44.7 Å². The zero-order valence-corrected chi connectivity index (χ0v) is 31.1. The van der Waals surface area contributed by atoms with Gasteiger partial charge in [-0.15, -0.1) is 11.3 Å². The molecular weight excluding hydrogens is 702 g/mol. The third kappa shape index (κ3) is 6.94. The lowest BCUT2D eigenvalue weighted by atomic mass is 10.0. The van der Waals surface area contributed by atoms with Crippen molar-refractivity contribution in [2.75, 3.05) is 36.7 Å². The zero-order chi connectivity index (χ0) is 37.2. The van der Waals surface area contributed by atoms with Crippen molar-refractivity contribution in [2.45, 2.75) is 82.8 Å². The van der Waals surface area contributed by atoms with Crippen LogP contribution in [0.15, 0.2) is 23.4 Å². The van der Waals surface area contributed by atoms with Crippen LogP contribution in [0, 0.1) is 17.1 Å². The summed E-state index contributed by atoms with van der Waals surface area (Å²) >= 11 is 1.10. The van der Waals surface area contributed by atoms with Crippen molar-refractivity contribution in [1.82, 2.24) is 19.9 Å². The molecule has 2 saturated heterocycles. The molecule has 3 aromatic heterocycles. The molecule has 0 radical (unpaired) electrons. The van der Waals surface area contributed by atoms with Crippen LogP contribution in [-0.2, 0) is 19.3 Å². The standard InChI is InChI=1S/C34H38FN7O7S2/c1-33(2,3)48-31(43)40-29-20(14-36)22-19(10-9-11-21(22)50-29)25-24(35)26-23(28(37-25)47-7)27(39-30(38-26)51(8,45)46)41-15-17-12-13-18(16-41)42(17)32(44)49-34(4,5)6/h9-11,17-18H,12-13,15-16H2,1-8H3,(H,40,43)/t17-,18+. The molecule has 51 heavy (non-hydrogen) atoms. The van der Waals surface area contributed by atoms with Crippen LogP contribution in [-0.4, -0.2) is 90.2 Å². The summed E-state index contributed by atoms with van der Waals surface area (Å²) in [5.74, 6) is -0.929. The summed E-state index contributed by atoms with van der Waals surface area (Å²) < 4.78 is 60.1. The number of hydrogen-bond donors (Lipinski definition) is 1. The van der Waals surface area contributed by atoms with Gasteiger partial charge in [-0.3, -0.25) is 10.2 Å². The molecule has 6 rings (SSSR count). The number of benzene rings is 1. The van der Waals surface area contributed by atoms with Crippen molar-refractivity contribution in [3.63, 3.8) is 0 Å². The number of hydrogen-bond acceptors (Lipinski definition) is 13. The molecule has 2 aliphatic rings. The zero-order valence-electron chi connectivity index (χ0n) is 29.5. The fourth-order valence-electron chi connectivity index (χ4n) is 6.45. The number of carbonyl (C=O) groups is 2. The highest BCUT2D eigenvalue weighted by atomic mass is 32.2. The Morgan fingerprint density at radius 1 is 1.02 bits per heavy atom. The van der Waals surface area contributed by atoms with Crippen molar-refractivity contribution in [3.8, 4) is 23.2 Å². The minimum absolute atomic E-state index is 0.0570. The van der Waals surface area contributed by atoms with E-state index in [9.17, 15) is 23.3 Å². The average Bonchev–Trinajstić information content (AvgIpc) is 3.51. The predicted octanol–water partition coefficient (Wildman–Crippen LogP) is 6.26. The number of piperazine rings is 1. The minimum atomic E-state index is -4.05. The number of anilines is 2. The van der Waals surface area contributed by atoms with E-state index in [4.69, 9.17) is 14.2 Å². The van der Waals surface area contributed by atoms with Crippen molar-refractivity contribution in [2.24, 2.45) is 0 Å². The number of nitriles is 1. The molecule has 270 valence electrons. The van der Waals surface area contributed by atoms with Gasteiger partial charge < -0.3 is 19.1 Å². The van der Waals surface area contributed by atoms with Crippen LogP contribution in [0.4, 0.5) is 24.8 Å². The van der Waals surface area contributed by atoms with Gasteiger partial charge in [0.2, 0.25) is 20.9 Å². The van der Waals surface area contributed by atoms with Gasteiger partial charge >= 0.3 is 12.2 Å². The van der Waals surface area contributed by atoms with Crippen LogP contribution in [0.2, 0.25) is 0 Å². The minimum Gasteiger partial charge on any atom is -0.480 e. The van der Waals surface area contributed by atoms with Crippen LogP contribution in [0.3, 0.4) is 0 Å². The summed E-state index contributed by atoms with van der Waals surface area (Å²) in [6.45, 7) is 11.1. The number of fused-ring (bicyclic) bond motifs is 4. The number of thiophene rings is 1. The number of carbonyl (C=O) groups excluding carboxylic acids is 2. The Kier molecular flexibility index (Phi) is 8.99. The van der Waals surface area contributed by atoms with E-state index in [0.717, 1.165) is 17.6 Å². The van der Waals surface area contributed by atoms with Gasteiger partial charge in [-0.05, 0) is 60.5 Å². The smallest absolute Gasteiger partial charge is 0.412 e. The first-order valence-corrected chi connectivity index (χ1v) is 18.9. The van der Waals surface area contributed by atoms with Crippen LogP contribution in [0.25, 0.3) is 32.2 Å². The van der Waals surface area contributed by atoms with Gasteiger partial charge in [-0.2, -0.15) is 5.26 Å². The van der Waals surface area contributed by atoms with Crippen molar-refractivity contribution < 1.29 is 36.6 Å². The Balaban J connectivity index is 1.50. The van der Waals surface area contributed by atoms with Gasteiger partial charge in [-0.1, -0.05) is 12.1 Å². The lowest BCUT2D eigenvalue weighted by Gasteiger charge is -2.42. The third-order valence-electron chi connectivity index (χ3n) is 8.32. The Labute approximate surface area is 298 Å². The molecular formula is C34H38FN7O7S2. The Bertz CT molecular complexity index is 2230. The second-order valence-electron chi connectivity index (χ2n) is 14.5. The number of halogens is 1. The molecule has 2 bridgehead atoms. The molecule has 5 heterocycles. The molecule has 2 fully saturated rings. The van der Waals surface area contributed by atoms with E-state index in [1.807, 2.05) is 4.90 Å². The summed E-state index contributed by atoms with van der Waals surface area (Å²) in [6, 6.07) is 6.51. The maximum atomic E-state index is 17.0. The molecule has 2 amide bonds. The van der Waals surface area contributed by atoms with E-state index in [2.05, 4.69) is 26.3 Å². The van der Waals surface area contributed by atoms with E-state index < -0.39 is 44.2 Å². The van der Waals surface area contributed by atoms with Gasteiger partial charge in [0.15, 0.2) is 5.82 Å². The normalized spacial score (nSPS) is 17.8. The number of rotatable bonds is 5. The Hall–Kier alpha value is -4.82. The lowest BCUT2D eigenvalue weighted by Crippen LogP contribution is -2.57. The second kappa shape index (κ2) is 12.7. The highest BCUT2D eigenvalue weighted by Crippen LogP contribution is 2.45. The highest BCUT2D eigenvalue weighted by molar-refractivity contribution is 7.90. The van der Waals surface area contributed by atoms with E-state index in [1.165, 1.54) is 7.11 Å². The first kappa shape index (κ1) is 36.0. The summed E-state index contributed by atoms with van der Waals surface area (Å²) in [7, 11) is -2.70. The van der Waals surface area contributed by atoms with Crippen LogP contribution in [0.1, 0.15) is 59.9 Å². The number of amides is 2. The molecule has 4 aromatic rings. The Morgan fingerprint density at radius 3 is 2.24 bits per heavy atom. The topological polar surface area (TPSA) is 177 Å². The van der Waals surface area contributed by atoms with Crippen LogP contribution < -0.4 is 15.0 Å². The van der Waals surface area contributed by atoms with E-state index in [0.29, 0.717) is 22.9 Å². The molecule has 17 heteroatoms. The maximum absolute atomic E-state index is 17.0. The summed E-state index contributed by atoms with van der Waals surface area (Å²) in [5, 5.41) is 12.8. The van der Waals surface area contributed by atoms with Crippen molar-refractivity contribution in [1.29, 1.82) is 5.26 Å². The number of nitrogens with one attached hydrogen (secondary N) is 1. The molecule has 0 aliphatic carbocycles. The second-order valence-corrected chi connectivity index (χ2v) is 17.5. The average molecular weight is 740 g/mol. The lowest BCUT2D eigenvalue weighted by molar-refractivity contribution is 0.0122. The molecule has 0 saturated carbocycles. The number of ether oxygens (including phenoxy) is 3.